The van der Waals surface area contributed by atoms with E-state index in [-0.39, 0.29) is 6.03 Å². The minimum absolute atomic E-state index is 0.0585. The first-order valence-corrected chi connectivity index (χ1v) is 10.5. The number of hydrogen-bond donors (Lipinski definition) is 2. The summed E-state index contributed by atoms with van der Waals surface area (Å²) < 4.78 is 0. The fourth-order valence-corrected chi connectivity index (χ4v) is 3.52. The molecular weight excluding hydrogens is 390 g/mol. The Kier molecular flexibility index (Phi) is 6.26. The molecule has 0 radical (unpaired) electrons. The first-order chi connectivity index (χ1) is 15.1. The van der Waals surface area contributed by atoms with Crippen molar-refractivity contribution in [1.29, 1.82) is 0 Å². The van der Waals surface area contributed by atoms with Crippen molar-refractivity contribution in [3.63, 3.8) is 0 Å². The topological polar surface area (TPSA) is 86.3 Å². The van der Waals surface area contributed by atoms with E-state index in [1.165, 1.54) is 0 Å². The predicted octanol–water partition coefficient (Wildman–Crippen LogP) is 3.84. The van der Waals surface area contributed by atoms with Gasteiger partial charge in [0.2, 0.25) is 0 Å². The molecule has 0 unspecified atom stereocenters. The van der Waals surface area contributed by atoms with E-state index in [4.69, 9.17) is 0 Å². The molecule has 8 heteroatoms. The number of amides is 2. The molecule has 0 atom stereocenters. The molecule has 3 heterocycles. The number of anilines is 4. The van der Waals surface area contributed by atoms with Gasteiger partial charge in [-0.2, -0.15) is 0 Å². The van der Waals surface area contributed by atoms with Gasteiger partial charge in [-0.25, -0.2) is 9.78 Å². The number of benzene rings is 1. The van der Waals surface area contributed by atoms with Crippen LogP contribution in [0.4, 0.5) is 27.9 Å². The van der Waals surface area contributed by atoms with Crippen LogP contribution in [-0.4, -0.2) is 52.3 Å². The van der Waals surface area contributed by atoms with E-state index in [1.807, 2.05) is 60.4 Å². The van der Waals surface area contributed by atoms with Crippen LogP contribution in [0.15, 0.2) is 54.7 Å². The van der Waals surface area contributed by atoms with Crippen LogP contribution in [0.25, 0.3) is 0 Å². The van der Waals surface area contributed by atoms with E-state index in [9.17, 15) is 4.79 Å². The number of carbonyl (C=O) groups is 1. The lowest BCUT2D eigenvalue weighted by Gasteiger charge is -2.35. The number of hydrogen-bond acceptors (Lipinski definition) is 6. The lowest BCUT2D eigenvalue weighted by molar-refractivity contribution is 0.208. The summed E-state index contributed by atoms with van der Waals surface area (Å²) in [7, 11) is 0. The molecule has 1 fully saturated rings. The van der Waals surface area contributed by atoms with E-state index in [0.717, 1.165) is 34.9 Å². The molecule has 8 nitrogen and oxygen atoms in total. The van der Waals surface area contributed by atoms with Gasteiger partial charge in [0.05, 0.1) is 0 Å². The summed E-state index contributed by atoms with van der Waals surface area (Å²) in [6.07, 6.45) is 2.69. The SMILES string of the molecule is CCc1ccccc1NC(=O)N1CCN(c2ccc(Nc3ccc(C)cn3)nn2)CC1. The maximum Gasteiger partial charge on any atom is 0.321 e. The average molecular weight is 418 g/mol. The van der Waals surface area contributed by atoms with E-state index in [2.05, 4.69) is 37.6 Å². The monoisotopic (exact) mass is 417 g/mol. The third-order valence-corrected chi connectivity index (χ3v) is 5.35. The van der Waals surface area contributed by atoms with Crippen LogP contribution in [0.1, 0.15) is 18.1 Å². The summed E-state index contributed by atoms with van der Waals surface area (Å²) in [4.78, 5) is 21.0. The van der Waals surface area contributed by atoms with Gasteiger partial charge >= 0.3 is 6.03 Å². The Labute approximate surface area is 182 Å². The summed E-state index contributed by atoms with van der Waals surface area (Å²) >= 11 is 0. The smallest absolute Gasteiger partial charge is 0.321 e. The zero-order valence-electron chi connectivity index (χ0n) is 17.9. The Bertz CT molecular complexity index is 1010. The molecule has 3 aromatic rings. The Hall–Kier alpha value is -3.68. The zero-order chi connectivity index (χ0) is 21.6. The van der Waals surface area contributed by atoms with Crippen LogP contribution in [-0.2, 0) is 6.42 Å². The molecular formula is C23H27N7O. The molecule has 1 aromatic carbocycles. The quantitative estimate of drug-likeness (QED) is 0.656. The number of carbonyl (C=O) groups excluding carboxylic acids is 1. The fourth-order valence-electron chi connectivity index (χ4n) is 3.52. The molecule has 0 aliphatic carbocycles. The van der Waals surface area contributed by atoms with Crippen molar-refractivity contribution in [3.05, 3.63) is 65.9 Å². The van der Waals surface area contributed by atoms with Gasteiger partial charge in [0, 0.05) is 38.1 Å². The number of aryl methyl sites for hydroxylation is 2. The van der Waals surface area contributed by atoms with Crippen molar-refractivity contribution < 1.29 is 4.79 Å². The molecule has 2 amide bonds. The summed E-state index contributed by atoms with van der Waals surface area (Å²) in [5.41, 5.74) is 3.13. The lowest BCUT2D eigenvalue weighted by Crippen LogP contribution is -2.50. The van der Waals surface area contributed by atoms with Crippen molar-refractivity contribution in [3.8, 4) is 0 Å². The van der Waals surface area contributed by atoms with Crippen molar-refractivity contribution in [2.75, 3.05) is 41.7 Å². The van der Waals surface area contributed by atoms with E-state index in [1.54, 1.807) is 6.20 Å². The number of aromatic nitrogens is 3. The molecule has 160 valence electrons. The second kappa shape index (κ2) is 9.42. The second-order valence-corrected chi connectivity index (χ2v) is 7.54. The van der Waals surface area contributed by atoms with Crippen LogP contribution >= 0.6 is 0 Å². The molecule has 1 saturated heterocycles. The highest BCUT2D eigenvalue weighted by molar-refractivity contribution is 5.90. The van der Waals surface area contributed by atoms with E-state index < -0.39 is 0 Å². The van der Waals surface area contributed by atoms with Gasteiger partial charge in [-0.05, 0) is 48.7 Å². The summed E-state index contributed by atoms with van der Waals surface area (Å²) in [5, 5.41) is 14.8. The number of piperazine rings is 1. The highest BCUT2D eigenvalue weighted by Gasteiger charge is 2.22. The van der Waals surface area contributed by atoms with Gasteiger partial charge in [-0.15, -0.1) is 10.2 Å². The molecule has 1 aliphatic heterocycles. The first kappa shape index (κ1) is 20.6. The molecule has 0 saturated carbocycles. The Morgan fingerprint density at radius 3 is 2.42 bits per heavy atom. The van der Waals surface area contributed by atoms with Gasteiger partial charge in [0.1, 0.15) is 5.82 Å². The minimum Gasteiger partial charge on any atom is -0.352 e. The largest absolute Gasteiger partial charge is 0.352 e. The van der Waals surface area contributed by atoms with Crippen LogP contribution in [0.2, 0.25) is 0 Å². The number of nitrogens with one attached hydrogen (secondary N) is 2. The number of nitrogens with zero attached hydrogens (tertiary/aromatic N) is 5. The van der Waals surface area contributed by atoms with E-state index >= 15 is 0 Å². The number of pyridine rings is 1. The third kappa shape index (κ3) is 5.09. The highest BCUT2D eigenvalue weighted by Crippen LogP contribution is 2.19. The normalized spacial score (nSPS) is 13.7. The van der Waals surface area contributed by atoms with Crippen LogP contribution < -0.4 is 15.5 Å². The molecule has 4 rings (SSSR count). The van der Waals surface area contributed by atoms with Crippen molar-refractivity contribution in [2.45, 2.75) is 20.3 Å². The summed E-state index contributed by atoms with van der Waals surface area (Å²) in [6, 6.07) is 15.6. The van der Waals surface area contributed by atoms with Crippen LogP contribution in [0.5, 0.6) is 0 Å². The molecule has 1 aliphatic rings. The maximum absolute atomic E-state index is 12.7. The minimum atomic E-state index is -0.0585. The Balaban J connectivity index is 1.31. The predicted molar refractivity (Wildman–Crippen MR) is 123 cm³/mol. The number of rotatable bonds is 5. The van der Waals surface area contributed by atoms with Crippen molar-refractivity contribution in [2.24, 2.45) is 0 Å². The Morgan fingerprint density at radius 1 is 0.968 bits per heavy atom. The van der Waals surface area contributed by atoms with Gasteiger partial charge < -0.3 is 20.4 Å². The van der Waals surface area contributed by atoms with Crippen molar-refractivity contribution >= 4 is 29.2 Å². The fraction of sp³-hybridized carbons (Fsp3) is 0.304. The van der Waals surface area contributed by atoms with Gasteiger partial charge in [0.15, 0.2) is 11.6 Å². The summed E-state index contributed by atoms with van der Waals surface area (Å²) in [6.45, 7) is 6.78. The van der Waals surface area contributed by atoms with Gasteiger partial charge in [-0.3, -0.25) is 0 Å². The third-order valence-electron chi connectivity index (χ3n) is 5.35. The zero-order valence-corrected chi connectivity index (χ0v) is 17.9. The number of urea groups is 1. The standard InChI is InChI=1S/C23H27N7O/c1-3-18-6-4-5-7-19(18)25-23(31)30-14-12-29(13-15-30)22-11-10-21(27-28-22)26-20-9-8-17(2)16-24-20/h4-11,16H,3,12-15H2,1-2H3,(H,25,31)(H,24,26,27). The van der Waals surface area contributed by atoms with Crippen molar-refractivity contribution in [1.82, 2.24) is 20.1 Å². The summed E-state index contributed by atoms with van der Waals surface area (Å²) in [5.74, 6) is 2.18. The molecule has 2 aromatic heterocycles. The molecule has 2 N–H and O–H groups in total. The lowest BCUT2D eigenvalue weighted by atomic mass is 10.1. The first-order valence-electron chi connectivity index (χ1n) is 10.5. The van der Waals surface area contributed by atoms with E-state index in [0.29, 0.717) is 32.0 Å². The molecule has 0 spiro atoms. The van der Waals surface area contributed by atoms with Gasteiger partial charge in [-0.1, -0.05) is 31.2 Å². The van der Waals surface area contributed by atoms with Gasteiger partial charge in [0.25, 0.3) is 0 Å². The molecule has 31 heavy (non-hydrogen) atoms. The molecule has 0 bridgehead atoms. The van der Waals surface area contributed by atoms with Crippen LogP contribution in [0.3, 0.4) is 0 Å². The maximum atomic E-state index is 12.7. The number of para-hydroxylation sites is 1. The van der Waals surface area contributed by atoms with Crippen LogP contribution in [0, 0.1) is 6.92 Å². The Morgan fingerprint density at radius 2 is 1.74 bits per heavy atom. The highest BCUT2D eigenvalue weighted by atomic mass is 16.2. The average Bonchev–Trinajstić information content (AvgIpc) is 2.81. The second-order valence-electron chi connectivity index (χ2n) is 7.54.